The molecule has 0 fully saturated rings. The first kappa shape index (κ1) is 54.6. The zero-order valence-electron chi connectivity index (χ0n) is 33.0. The number of carboxylic acids is 4. The average Bonchev–Trinajstić information content (AvgIpc) is 3.58. The van der Waals surface area contributed by atoms with Gasteiger partial charge < -0.3 is 49.1 Å². The van der Waals surface area contributed by atoms with Crippen molar-refractivity contribution in [2.24, 2.45) is 0 Å². The molecule has 0 aliphatic carbocycles. The van der Waals surface area contributed by atoms with E-state index in [1.54, 1.807) is 9.36 Å². The van der Waals surface area contributed by atoms with Crippen LogP contribution in [0.5, 0.6) is 0 Å². The normalized spacial score (nSPS) is 10.6. The summed E-state index contributed by atoms with van der Waals surface area (Å²) in [7, 11) is 0. The van der Waals surface area contributed by atoms with Gasteiger partial charge in [-0.2, -0.15) is 10.2 Å². The minimum absolute atomic E-state index is 0. The summed E-state index contributed by atoms with van der Waals surface area (Å²) in [5.41, 5.74) is 6.23. The van der Waals surface area contributed by atoms with Crippen LogP contribution in [0.2, 0.25) is 0 Å². The molecule has 20 heteroatoms. The maximum Gasteiger partial charge on any atom is 1.00 e. The van der Waals surface area contributed by atoms with Crippen molar-refractivity contribution in [1.82, 2.24) is 29.4 Å². The number of carbonyl (C=O) groups excluding carboxylic acids is 4. The third kappa shape index (κ3) is 17.4. The number of hydrogen-bond donors (Lipinski definition) is 0. The van der Waals surface area contributed by atoms with E-state index in [2.05, 4.69) is 0 Å². The maximum absolute atomic E-state index is 11.1. The molecule has 0 spiro atoms. The minimum Gasteiger partial charge on any atom is -0.549 e. The number of rotatable bonds is 23. The summed E-state index contributed by atoms with van der Waals surface area (Å²) in [5, 5.41) is 54.0. The molecule has 0 N–H and O–H groups in total. The van der Waals surface area contributed by atoms with Gasteiger partial charge in [-0.1, -0.05) is 60.7 Å². The monoisotopic (exact) mass is 808 g/mol. The largest absolute Gasteiger partial charge is 1.00 e. The van der Waals surface area contributed by atoms with Gasteiger partial charge in [0.15, 0.2) is 0 Å². The number of ether oxygens (including phenoxy) is 2. The van der Waals surface area contributed by atoms with Gasteiger partial charge in [-0.25, -0.2) is 0 Å². The van der Waals surface area contributed by atoms with Crippen molar-refractivity contribution >= 4 is 23.9 Å². The molecule has 0 bridgehead atoms. The summed E-state index contributed by atoms with van der Waals surface area (Å²) in [6, 6.07) is 18.9. The van der Waals surface area contributed by atoms with Gasteiger partial charge in [-0.15, -0.1) is 0 Å². The van der Waals surface area contributed by atoms with Crippen LogP contribution in [0, 0.1) is 13.8 Å². The van der Waals surface area contributed by atoms with Crippen molar-refractivity contribution in [3.05, 3.63) is 83.2 Å². The second kappa shape index (κ2) is 28.1. The van der Waals surface area contributed by atoms with Crippen LogP contribution in [0.3, 0.4) is 0 Å². The van der Waals surface area contributed by atoms with E-state index in [-0.39, 0.29) is 171 Å². The smallest absolute Gasteiger partial charge is 0.549 e. The van der Waals surface area contributed by atoms with Crippen LogP contribution in [0.25, 0.3) is 22.5 Å². The zero-order valence-corrected chi connectivity index (χ0v) is 41.0. The fourth-order valence-corrected chi connectivity index (χ4v) is 5.70. The van der Waals surface area contributed by atoms with Gasteiger partial charge in [0.25, 0.3) is 0 Å². The van der Waals surface area contributed by atoms with Gasteiger partial charge in [0, 0.05) is 72.9 Å². The number of nitrogens with zero attached hydrogens (tertiary/aromatic N) is 6. The van der Waals surface area contributed by atoms with Gasteiger partial charge in [0.2, 0.25) is 0 Å². The molecule has 4 aromatic rings. The van der Waals surface area contributed by atoms with E-state index in [9.17, 15) is 39.6 Å². The van der Waals surface area contributed by atoms with E-state index in [1.807, 2.05) is 74.5 Å². The van der Waals surface area contributed by atoms with Crippen LogP contribution in [-0.2, 0) is 55.0 Å². The molecule has 0 amide bonds. The Bertz CT molecular complexity index is 1670. The van der Waals surface area contributed by atoms with Crippen LogP contribution in [0.1, 0.15) is 22.5 Å². The molecular weight excluding hydrogens is 768 g/mol. The Morgan fingerprint density at radius 3 is 1.14 bits per heavy atom. The third-order valence-electron chi connectivity index (χ3n) is 8.29. The molecule has 0 atom stereocenters. The summed E-state index contributed by atoms with van der Waals surface area (Å²) < 4.78 is 15.4. The maximum atomic E-state index is 11.1. The van der Waals surface area contributed by atoms with Crippen LogP contribution in [0.15, 0.2) is 60.7 Å². The van der Waals surface area contributed by atoms with Crippen LogP contribution < -0.4 is 139 Å². The second-order valence-corrected chi connectivity index (χ2v) is 12.0. The molecule has 4 rings (SSSR count). The predicted molar refractivity (Wildman–Crippen MR) is 177 cm³/mol. The molecule has 0 saturated carbocycles. The van der Waals surface area contributed by atoms with Crippen molar-refractivity contribution in [2.45, 2.75) is 40.2 Å². The molecule has 2 aromatic carbocycles. The first-order valence-electron chi connectivity index (χ1n) is 16.6. The Kier molecular flexibility index (Phi) is 27.4. The summed E-state index contributed by atoms with van der Waals surface area (Å²) in [6.07, 6.45) is 0. The molecule has 0 aliphatic heterocycles. The van der Waals surface area contributed by atoms with Gasteiger partial charge in [-0.3, -0.25) is 19.2 Å². The number of carbonyl (C=O) groups is 4. The van der Waals surface area contributed by atoms with Gasteiger partial charge in [0.05, 0.1) is 74.8 Å². The first-order chi connectivity index (χ1) is 24.9. The minimum atomic E-state index is -1.40. The number of hydrogen-bond acceptors (Lipinski definition) is 14. The third-order valence-corrected chi connectivity index (χ3v) is 8.29. The van der Waals surface area contributed by atoms with Crippen molar-refractivity contribution in [3.8, 4) is 22.5 Å². The van der Waals surface area contributed by atoms with Crippen molar-refractivity contribution in [2.75, 3.05) is 52.5 Å². The summed E-state index contributed by atoms with van der Waals surface area (Å²) >= 11 is 0. The Labute approximate surface area is 414 Å². The topological polar surface area (TPSA) is 221 Å². The molecule has 278 valence electrons. The molecule has 2 aromatic heterocycles. The van der Waals surface area contributed by atoms with E-state index in [4.69, 9.17) is 19.7 Å². The predicted octanol–water partition coefficient (Wildman–Crippen LogP) is -14.6. The zero-order chi connectivity index (χ0) is 37.6. The summed E-state index contributed by atoms with van der Waals surface area (Å²) in [6.45, 7) is 2.97. The van der Waals surface area contributed by atoms with Gasteiger partial charge in [0.1, 0.15) is 0 Å². The van der Waals surface area contributed by atoms with Crippen LogP contribution in [0.4, 0.5) is 0 Å². The van der Waals surface area contributed by atoms with E-state index < -0.39 is 50.1 Å². The Morgan fingerprint density at radius 2 is 0.857 bits per heavy atom. The molecule has 16 nitrogen and oxygen atoms in total. The molecule has 0 aliphatic rings. The van der Waals surface area contributed by atoms with Gasteiger partial charge in [-0.05, 0) is 13.8 Å². The fourth-order valence-electron chi connectivity index (χ4n) is 5.70. The average molecular weight is 809 g/mol. The number of aromatic nitrogens is 4. The van der Waals surface area contributed by atoms with Crippen molar-refractivity contribution < 1.29 is 167 Å². The van der Waals surface area contributed by atoms with Crippen LogP contribution in [-0.4, -0.2) is 106 Å². The molecule has 2 heterocycles. The quantitative estimate of drug-likeness (QED) is 0.0502. The fraction of sp³-hybridized carbons (Fsp3) is 0.389. The summed E-state index contributed by atoms with van der Waals surface area (Å²) in [4.78, 5) is 47.0. The molecule has 0 unspecified atom stereocenters. The number of benzene rings is 2. The standard InChI is InChI=1S/C36H44N6O10.4Na/c1-25-29(35(27-9-5-3-6-10-27)37-41(25)15-13-39(19-31(43)44)20-32(45)46)23-51-17-18-52-24-30-26(2)42(38-36(30)28-11-7-4-8-12-28)16-14-40(21-33(47)48)22-34(49)50;;;;/h3-12H,13-24H2,1-2H3,(H,43,44)(H,45,46)(H,47,48)(H,49,50);;;;/q;4*+1/p-4. The van der Waals surface area contributed by atoms with Gasteiger partial charge >= 0.3 is 118 Å². The van der Waals surface area contributed by atoms with E-state index >= 15 is 0 Å². The number of aliphatic carboxylic acids is 4. The molecule has 0 radical (unpaired) electrons. The second-order valence-electron chi connectivity index (χ2n) is 12.0. The Morgan fingerprint density at radius 1 is 0.554 bits per heavy atom. The Hall–Kier alpha value is -1.42. The van der Waals surface area contributed by atoms with E-state index in [1.165, 1.54) is 9.80 Å². The van der Waals surface area contributed by atoms with Crippen molar-refractivity contribution in [3.63, 3.8) is 0 Å². The summed E-state index contributed by atoms with van der Waals surface area (Å²) in [5.74, 6) is -5.58. The molecular formula is C36H40N6Na4O10. The molecule has 0 saturated heterocycles. The molecule has 56 heavy (non-hydrogen) atoms. The number of carboxylic acid groups (broad SMARTS) is 4. The van der Waals surface area contributed by atoms with Crippen LogP contribution >= 0.6 is 0 Å². The SMILES string of the molecule is Cc1c(COCCOCc2c(-c3ccccc3)nn(CCN(CC(=O)[O-])CC(=O)[O-])c2C)c(-c2ccccc2)nn1CCN(CC(=O)[O-])CC(=O)[O-].[Na+].[Na+].[Na+].[Na+]. The van der Waals surface area contributed by atoms with E-state index in [0.29, 0.717) is 11.4 Å². The van der Waals surface area contributed by atoms with E-state index in [0.717, 1.165) is 33.6 Å². The first-order valence-corrected chi connectivity index (χ1v) is 16.6. The Balaban J connectivity index is 0.00000756. The van der Waals surface area contributed by atoms with Crippen molar-refractivity contribution in [1.29, 1.82) is 0 Å².